The van der Waals surface area contributed by atoms with Crippen molar-refractivity contribution in [1.29, 1.82) is 0 Å². The number of hydrogen-bond donors (Lipinski definition) is 2. The molecular weight excluding hydrogens is 272 g/mol. The molecule has 1 aliphatic carbocycles. The highest BCUT2D eigenvalue weighted by Crippen LogP contribution is 2.36. The Morgan fingerprint density at radius 1 is 1.35 bits per heavy atom. The Morgan fingerprint density at radius 2 is 2.05 bits per heavy atom. The first-order chi connectivity index (χ1) is 9.17. The van der Waals surface area contributed by atoms with E-state index in [9.17, 15) is 8.42 Å². The van der Waals surface area contributed by atoms with Gasteiger partial charge in [0.2, 0.25) is 10.0 Å². The predicted octanol–water partition coefficient (Wildman–Crippen LogP) is 3.02. The molecule has 5 heteroatoms. The molecule has 0 aliphatic heterocycles. The van der Waals surface area contributed by atoms with Gasteiger partial charge in [-0.1, -0.05) is 26.3 Å². The van der Waals surface area contributed by atoms with Gasteiger partial charge in [0.1, 0.15) is 0 Å². The molecule has 0 spiro atoms. The first kappa shape index (κ1) is 15.3. The number of anilines is 1. The molecule has 0 saturated heterocycles. The summed E-state index contributed by atoms with van der Waals surface area (Å²) in [6.07, 6.45) is 4.69. The maximum absolute atomic E-state index is 11.4. The van der Waals surface area contributed by atoms with Crippen LogP contribution < -0.4 is 10.5 Å². The highest BCUT2D eigenvalue weighted by atomic mass is 32.2. The second-order valence-electron chi connectivity index (χ2n) is 6.62. The zero-order chi connectivity index (χ0) is 15.0. The number of nitrogens with one attached hydrogen (secondary N) is 1. The van der Waals surface area contributed by atoms with Crippen LogP contribution in [0.4, 0.5) is 5.69 Å². The van der Waals surface area contributed by atoms with E-state index in [0.29, 0.717) is 11.5 Å². The molecule has 112 valence electrons. The molecule has 0 amide bonds. The molecular formula is C15H24N2O2S. The summed E-state index contributed by atoms with van der Waals surface area (Å²) in [5, 5.41) is 8.69. The Bertz CT molecular complexity index is 594. The van der Waals surface area contributed by atoms with Crippen LogP contribution in [0.2, 0.25) is 0 Å². The molecule has 1 unspecified atom stereocenters. The van der Waals surface area contributed by atoms with Gasteiger partial charge in [0, 0.05) is 11.7 Å². The summed E-state index contributed by atoms with van der Waals surface area (Å²) in [4.78, 5) is 0.167. The van der Waals surface area contributed by atoms with E-state index in [4.69, 9.17) is 5.14 Å². The van der Waals surface area contributed by atoms with Crippen LogP contribution in [0.25, 0.3) is 0 Å². The van der Waals surface area contributed by atoms with Gasteiger partial charge in [-0.25, -0.2) is 13.6 Å². The third kappa shape index (κ3) is 3.73. The maximum Gasteiger partial charge on any atom is 0.238 e. The van der Waals surface area contributed by atoms with Crippen molar-refractivity contribution in [3.05, 3.63) is 23.8 Å². The van der Waals surface area contributed by atoms with Crippen molar-refractivity contribution in [2.75, 3.05) is 5.32 Å². The molecule has 3 N–H and O–H groups in total. The SMILES string of the molecule is Cc1ccc(S(N)(=O)=O)cc1NC1CCCC(C)(C)C1. The minimum atomic E-state index is -3.65. The van der Waals surface area contributed by atoms with Gasteiger partial charge in [-0.2, -0.15) is 0 Å². The number of aryl methyl sites for hydroxylation is 1. The molecule has 1 atom stereocenters. The van der Waals surface area contributed by atoms with Crippen LogP contribution in [0.5, 0.6) is 0 Å². The fraction of sp³-hybridized carbons (Fsp3) is 0.600. The number of benzene rings is 1. The number of hydrogen-bond acceptors (Lipinski definition) is 3. The minimum absolute atomic E-state index is 0.167. The van der Waals surface area contributed by atoms with Crippen molar-refractivity contribution in [3.8, 4) is 0 Å². The fourth-order valence-corrected chi connectivity index (χ4v) is 3.51. The second kappa shape index (κ2) is 5.37. The Hall–Kier alpha value is -1.07. The minimum Gasteiger partial charge on any atom is -0.382 e. The molecule has 20 heavy (non-hydrogen) atoms. The fourth-order valence-electron chi connectivity index (χ4n) is 2.97. The van der Waals surface area contributed by atoms with Crippen molar-refractivity contribution >= 4 is 15.7 Å². The third-order valence-corrected chi connectivity index (χ3v) is 5.01. The average molecular weight is 296 g/mol. The molecule has 4 nitrogen and oxygen atoms in total. The lowest BCUT2D eigenvalue weighted by Gasteiger charge is -2.36. The summed E-state index contributed by atoms with van der Waals surface area (Å²) in [5.41, 5.74) is 2.27. The van der Waals surface area contributed by atoms with Gasteiger partial charge in [0.15, 0.2) is 0 Å². The van der Waals surface area contributed by atoms with Crippen molar-refractivity contribution < 1.29 is 8.42 Å². The Morgan fingerprint density at radius 3 is 2.65 bits per heavy atom. The second-order valence-corrected chi connectivity index (χ2v) is 8.18. The molecule has 1 saturated carbocycles. The highest BCUT2D eigenvalue weighted by Gasteiger charge is 2.28. The molecule has 1 fully saturated rings. The van der Waals surface area contributed by atoms with Crippen molar-refractivity contribution in [2.45, 2.75) is 57.4 Å². The average Bonchev–Trinajstić information content (AvgIpc) is 2.29. The summed E-state index contributed by atoms with van der Waals surface area (Å²) in [6.45, 7) is 6.55. The molecule has 1 aromatic rings. The van der Waals surface area contributed by atoms with E-state index in [1.54, 1.807) is 18.2 Å². The van der Waals surface area contributed by atoms with Crippen LogP contribution in [0.15, 0.2) is 23.1 Å². The largest absolute Gasteiger partial charge is 0.382 e. The molecule has 0 heterocycles. The van der Waals surface area contributed by atoms with Crippen molar-refractivity contribution in [3.63, 3.8) is 0 Å². The van der Waals surface area contributed by atoms with Gasteiger partial charge >= 0.3 is 0 Å². The highest BCUT2D eigenvalue weighted by molar-refractivity contribution is 7.89. The Balaban J connectivity index is 2.21. The molecule has 0 bridgehead atoms. The van der Waals surface area contributed by atoms with Gasteiger partial charge in [0.25, 0.3) is 0 Å². The van der Waals surface area contributed by atoms with Crippen LogP contribution in [0, 0.1) is 12.3 Å². The summed E-state index contributed by atoms with van der Waals surface area (Å²) in [7, 11) is -3.65. The van der Waals surface area contributed by atoms with Crippen LogP contribution >= 0.6 is 0 Å². The number of rotatable bonds is 3. The maximum atomic E-state index is 11.4. The van der Waals surface area contributed by atoms with Gasteiger partial charge in [-0.15, -0.1) is 0 Å². The van der Waals surface area contributed by atoms with Gasteiger partial charge in [-0.3, -0.25) is 0 Å². The van der Waals surface area contributed by atoms with E-state index in [1.807, 2.05) is 6.92 Å². The molecule has 2 rings (SSSR count). The summed E-state index contributed by atoms with van der Waals surface area (Å²) >= 11 is 0. The molecule has 1 aromatic carbocycles. The predicted molar refractivity (Wildman–Crippen MR) is 82.2 cm³/mol. The summed E-state index contributed by atoms with van der Waals surface area (Å²) in [5.74, 6) is 0. The van der Waals surface area contributed by atoms with E-state index >= 15 is 0 Å². The molecule has 1 aliphatic rings. The third-order valence-electron chi connectivity index (χ3n) is 4.10. The lowest BCUT2D eigenvalue weighted by Crippen LogP contribution is -2.32. The van der Waals surface area contributed by atoms with E-state index in [0.717, 1.165) is 24.1 Å². The van der Waals surface area contributed by atoms with Gasteiger partial charge in [0.05, 0.1) is 4.90 Å². The van der Waals surface area contributed by atoms with Gasteiger partial charge in [-0.05, 0) is 49.3 Å². The quantitative estimate of drug-likeness (QED) is 0.900. The lowest BCUT2D eigenvalue weighted by atomic mass is 9.75. The molecule has 0 radical (unpaired) electrons. The standard InChI is InChI=1S/C15H24N2O2S/c1-11-6-7-13(20(16,18)19)9-14(11)17-12-5-4-8-15(2,3)10-12/h6-7,9,12,17H,4-5,8,10H2,1-3H3,(H2,16,18,19). The van der Waals surface area contributed by atoms with E-state index in [-0.39, 0.29) is 4.90 Å². The van der Waals surface area contributed by atoms with E-state index in [1.165, 1.54) is 12.8 Å². The van der Waals surface area contributed by atoms with Crippen LogP contribution in [0.3, 0.4) is 0 Å². The first-order valence-corrected chi connectivity index (χ1v) is 8.62. The zero-order valence-corrected chi connectivity index (χ0v) is 13.3. The zero-order valence-electron chi connectivity index (χ0n) is 12.4. The summed E-state index contributed by atoms with van der Waals surface area (Å²) < 4.78 is 22.9. The smallest absolute Gasteiger partial charge is 0.238 e. The van der Waals surface area contributed by atoms with Crippen LogP contribution in [-0.4, -0.2) is 14.5 Å². The van der Waals surface area contributed by atoms with Gasteiger partial charge < -0.3 is 5.32 Å². The molecule has 0 aromatic heterocycles. The van der Waals surface area contributed by atoms with Crippen LogP contribution in [0.1, 0.15) is 45.1 Å². The topological polar surface area (TPSA) is 72.2 Å². The van der Waals surface area contributed by atoms with Crippen molar-refractivity contribution in [2.24, 2.45) is 10.6 Å². The normalized spacial score (nSPS) is 22.5. The summed E-state index contributed by atoms with van der Waals surface area (Å²) in [6, 6.07) is 5.40. The van der Waals surface area contributed by atoms with E-state index in [2.05, 4.69) is 19.2 Å². The van der Waals surface area contributed by atoms with E-state index < -0.39 is 10.0 Å². The lowest BCUT2D eigenvalue weighted by molar-refractivity contribution is 0.229. The Labute approximate surface area is 121 Å². The van der Waals surface area contributed by atoms with Crippen molar-refractivity contribution in [1.82, 2.24) is 0 Å². The number of primary sulfonamides is 1. The number of nitrogens with two attached hydrogens (primary N) is 1. The van der Waals surface area contributed by atoms with Crippen LogP contribution in [-0.2, 0) is 10.0 Å². The first-order valence-electron chi connectivity index (χ1n) is 7.07. The monoisotopic (exact) mass is 296 g/mol. The number of sulfonamides is 1. The Kier molecular flexibility index (Phi) is 4.12.